The molecule has 1 heterocycles. The summed E-state index contributed by atoms with van der Waals surface area (Å²) in [5.74, 6) is 0.926. The van der Waals surface area contributed by atoms with Crippen molar-refractivity contribution in [1.29, 1.82) is 0 Å². The second-order valence-corrected chi connectivity index (χ2v) is 5.72. The van der Waals surface area contributed by atoms with Gasteiger partial charge in [-0.15, -0.1) is 0 Å². The van der Waals surface area contributed by atoms with Crippen LogP contribution in [0.5, 0.6) is 0 Å². The van der Waals surface area contributed by atoms with Crippen LogP contribution in [-0.2, 0) is 0 Å². The molecule has 0 saturated heterocycles. The third-order valence-corrected chi connectivity index (χ3v) is 3.87. The molecule has 1 N–H and O–H groups in total. The van der Waals surface area contributed by atoms with Crippen molar-refractivity contribution in [2.24, 2.45) is 0 Å². The topological polar surface area (TPSA) is 24.9 Å². The number of aromatic nitrogens is 1. The largest absolute Gasteiger partial charge is 0.363 e. The molecule has 0 spiro atoms. The molecule has 0 saturated carbocycles. The van der Waals surface area contributed by atoms with Crippen molar-refractivity contribution in [2.45, 2.75) is 13.0 Å². The van der Waals surface area contributed by atoms with E-state index in [1.165, 1.54) is 10.9 Å². The minimum Gasteiger partial charge on any atom is -0.363 e. The van der Waals surface area contributed by atoms with Crippen LogP contribution in [-0.4, -0.2) is 4.98 Å². The monoisotopic (exact) mass is 326 g/mol. The maximum atomic E-state index is 4.47. The van der Waals surface area contributed by atoms with Crippen LogP contribution in [0.1, 0.15) is 18.5 Å². The SMILES string of the molecule is CC(Nc1nccc2ccccc12)c1cccc(Br)c1. The van der Waals surface area contributed by atoms with Gasteiger partial charge < -0.3 is 5.32 Å². The van der Waals surface area contributed by atoms with Crippen molar-refractivity contribution in [3.05, 3.63) is 70.8 Å². The van der Waals surface area contributed by atoms with Crippen LogP contribution < -0.4 is 5.32 Å². The lowest BCUT2D eigenvalue weighted by Crippen LogP contribution is -2.08. The van der Waals surface area contributed by atoms with E-state index in [2.05, 4.69) is 57.4 Å². The Hall–Kier alpha value is -1.87. The lowest BCUT2D eigenvalue weighted by atomic mass is 10.1. The van der Waals surface area contributed by atoms with Gasteiger partial charge in [0.1, 0.15) is 5.82 Å². The summed E-state index contributed by atoms with van der Waals surface area (Å²) in [6.07, 6.45) is 1.85. The Bertz CT molecular complexity index is 734. The van der Waals surface area contributed by atoms with E-state index >= 15 is 0 Å². The molecule has 1 unspecified atom stereocenters. The fraction of sp³-hybridized carbons (Fsp3) is 0.118. The zero-order chi connectivity index (χ0) is 13.9. The highest BCUT2D eigenvalue weighted by Gasteiger charge is 2.08. The minimum atomic E-state index is 0.200. The van der Waals surface area contributed by atoms with Crippen LogP contribution in [0, 0.1) is 0 Å². The van der Waals surface area contributed by atoms with E-state index in [1.807, 2.05) is 36.5 Å². The molecule has 0 fully saturated rings. The number of nitrogens with one attached hydrogen (secondary N) is 1. The van der Waals surface area contributed by atoms with Gasteiger partial charge in [-0.25, -0.2) is 4.98 Å². The van der Waals surface area contributed by atoms with Crippen molar-refractivity contribution < 1.29 is 0 Å². The van der Waals surface area contributed by atoms with E-state index in [0.29, 0.717) is 0 Å². The van der Waals surface area contributed by atoms with Crippen molar-refractivity contribution in [2.75, 3.05) is 5.32 Å². The van der Waals surface area contributed by atoms with E-state index in [9.17, 15) is 0 Å². The van der Waals surface area contributed by atoms with E-state index in [4.69, 9.17) is 0 Å². The number of nitrogens with zero attached hydrogens (tertiary/aromatic N) is 1. The first-order chi connectivity index (χ1) is 9.74. The van der Waals surface area contributed by atoms with E-state index in [-0.39, 0.29) is 6.04 Å². The van der Waals surface area contributed by atoms with Crippen molar-refractivity contribution in [3.8, 4) is 0 Å². The highest BCUT2D eigenvalue weighted by molar-refractivity contribution is 9.10. The molecular formula is C17H15BrN2. The molecule has 3 aromatic rings. The third-order valence-electron chi connectivity index (χ3n) is 3.38. The molecule has 0 amide bonds. The first kappa shape index (κ1) is 13.1. The van der Waals surface area contributed by atoms with Gasteiger partial charge in [-0.3, -0.25) is 0 Å². The summed E-state index contributed by atoms with van der Waals surface area (Å²) in [7, 11) is 0. The van der Waals surface area contributed by atoms with Crippen LogP contribution >= 0.6 is 15.9 Å². The zero-order valence-corrected chi connectivity index (χ0v) is 12.8. The van der Waals surface area contributed by atoms with Gasteiger partial charge in [0.25, 0.3) is 0 Å². The Morgan fingerprint density at radius 2 is 1.90 bits per heavy atom. The molecule has 100 valence electrons. The molecule has 1 aromatic heterocycles. The summed E-state index contributed by atoms with van der Waals surface area (Å²) < 4.78 is 1.09. The number of benzene rings is 2. The average Bonchev–Trinajstić information content (AvgIpc) is 2.47. The Labute approximate surface area is 127 Å². The van der Waals surface area contributed by atoms with E-state index < -0.39 is 0 Å². The van der Waals surface area contributed by atoms with Gasteiger partial charge in [-0.2, -0.15) is 0 Å². The lowest BCUT2D eigenvalue weighted by Gasteiger charge is -2.16. The first-order valence-corrected chi connectivity index (χ1v) is 7.39. The maximum absolute atomic E-state index is 4.47. The first-order valence-electron chi connectivity index (χ1n) is 6.60. The number of halogens is 1. The van der Waals surface area contributed by atoms with Gasteiger partial charge in [0, 0.05) is 22.1 Å². The second kappa shape index (κ2) is 5.63. The van der Waals surface area contributed by atoms with Crippen molar-refractivity contribution in [3.63, 3.8) is 0 Å². The second-order valence-electron chi connectivity index (χ2n) is 4.80. The molecule has 0 radical (unpaired) electrons. The molecule has 20 heavy (non-hydrogen) atoms. The molecule has 3 rings (SSSR count). The van der Waals surface area contributed by atoms with Gasteiger partial charge in [0.15, 0.2) is 0 Å². The normalized spacial score (nSPS) is 12.3. The molecular weight excluding hydrogens is 312 g/mol. The Kier molecular flexibility index (Phi) is 3.70. The number of anilines is 1. The molecule has 1 atom stereocenters. The van der Waals surface area contributed by atoms with Crippen LogP contribution in [0.3, 0.4) is 0 Å². The van der Waals surface area contributed by atoms with Gasteiger partial charge in [-0.1, -0.05) is 52.3 Å². The Morgan fingerprint density at radius 1 is 1.05 bits per heavy atom. The Balaban J connectivity index is 1.93. The fourth-order valence-electron chi connectivity index (χ4n) is 2.30. The number of hydrogen-bond donors (Lipinski definition) is 1. The molecule has 0 aliphatic heterocycles. The quantitative estimate of drug-likeness (QED) is 0.718. The predicted octanol–water partition coefficient (Wildman–Crippen LogP) is 5.17. The predicted molar refractivity (Wildman–Crippen MR) is 87.9 cm³/mol. The summed E-state index contributed by atoms with van der Waals surface area (Å²) in [6.45, 7) is 2.14. The number of hydrogen-bond acceptors (Lipinski definition) is 2. The highest BCUT2D eigenvalue weighted by Crippen LogP contribution is 2.25. The van der Waals surface area contributed by atoms with Crippen LogP contribution in [0.2, 0.25) is 0 Å². The van der Waals surface area contributed by atoms with Gasteiger partial charge in [0.2, 0.25) is 0 Å². The molecule has 0 bridgehead atoms. The zero-order valence-electron chi connectivity index (χ0n) is 11.2. The summed E-state index contributed by atoms with van der Waals surface area (Å²) in [5.41, 5.74) is 1.23. The van der Waals surface area contributed by atoms with Crippen LogP contribution in [0.25, 0.3) is 10.8 Å². The van der Waals surface area contributed by atoms with Gasteiger partial charge in [-0.05, 0) is 36.1 Å². The molecule has 2 nitrogen and oxygen atoms in total. The summed E-state index contributed by atoms with van der Waals surface area (Å²) in [4.78, 5) is 4.47. The fourth-order valence-corrected chi connectivity index (χ4v) is 2.72. The molecule has 2 aromatic carbocycles. The van der Waals surface area contributed by atoms with Gasteiger partial charge in [0.05, 0.1) is 0 Å². The minimum absolute atomic E-state index is 0.200. The summed E-state index contributed by atoms with van der Waals surface area (Å²) in [6, 6.07) is 18.8. The number of rotatable bonds is 3. The Morgan fingerprint density at radius 3 is 2.75 bits per heavy atom. The molecule has 0 aliphatic rings. The van der Waals surface area contributed by atoms with Crippen LogP contribution in [0.15, 0.2) is 65.3 Å². The standard InChI is InChI=1S/C17H15BrN2/c1-12(14-6-4-7-15(18)11-14)20-17-16-8-3-2-5-13(16)9-10-19-17/h2-12H,1H3,(H,19,20). The summed E-state index contributed by atoms with van der Waals surface area (Å²) in [5, 5.41) is 5.85. The van der Waals surface area contributed by atoms with Crippen LogP contribution in [0.4, 0.5) is 5.82 Å². The number of fused-ring (bicyclic) bond motifs is 1. The smallest absolute Gasteiger partial charge is 0.134 e. The maximum Gasteiger partial charge on any atom is 0.134 e. The van der Waals surface area contributed by atoms with E-state index in [1.54, 1.807) is 0 Å². The third kappa shape index (κ3) is 2.68. The van der Waals surface area contributed by atoms with E-state index in [0.717, 1.165) is 15.7 Å². The highest BCUT2D eigenvalue weighted by atomic mass is 79.9. The number of pyridine rings is 1. The van der Waals surface area contributed by atoms with Crippen molar-refractivity contribution in [1.82, 2.24) is 4.98 Å². The summed E-state index contributed by atoms with van der Waals surface area (Å²) >= 11 is 3.51. The molecule has 0 aliphatic carbocycles. The lowest BCUT2D eigenvalue weighted by molar-refractivity contribution is 0.876. The van der Waals surface area contributed by atoms with Crippen molar-refractivity contribution >= 4 is 32.5 Å². The average molecular weight is 327 g/mol. The molecule has 3 heteroatoms. The van der Waals surface area contributed by atoms with Gasteiger partial charge >= 0.3 is 0 Å².